The molecule has 1 amide bonds. The van der Waals surface area contributed by atoms with Crippen molar-refractivity contribution in [2.45, 2.75) is 51.6 Å². The van der Waals surface area contributed by atoms with Crippen molar-refractivity contribution < 1.29 is 9.53 Å². The average molecular weight is 438 g/mol. The SMILES string of the molecule is CCn1nc(C(=O)N2CCCC2)c2c1CC[C@H](N1CCN(c3ccccc3OC)CC1)C2. The lowest BCUT2D eigenvalue weighted by atomic mass is 9.89. The van der Waals surface area contributed by atoms with Gasteiger partial charge in [0.25, 0.3) is 5.91 Å². The van der Waals surface area contributed by atoms with E-state index in [0.717, 1.165) is 89.4 Å². The van der Waals surface area contributed by atoms with E-state index >= 15 is 0 Å². The number of carbonyl (C=O) groups is 1. The maximum absolute atomic E-state index is 13.2. The number of aromatic nitrogens is 2. The normalized spacial score (nSPS) is 21.6. The molecule has 0 bridgehead atoms. The molecular formula is C25H35N5O2. The molecule has 2 fully saturated rings. The summed E-state index contributed by atoms with van der Waals surface area (Å²) in [7, 11) is 1.74. The molecule has 0 N–H and O–H groups in total. The number of fused-ring (bicyclic) bond motifs is 1. The van der Waals surface area contributed by atoms with Crippen LogP contribution in [0.3, 0.4) is 0 Å². The number of nitrogens with zero attached hydrogens (tertiary/aromatic N) is 5. The topological polar surface area (TPSA) is 53.8 Å². The van der Waals surface area contributed by atoms with Crippen molar-refractivity contribution >= 4 is 11.6 Å². The van der Waals surface area contributed by atoms with Crippen molar-refractivity contribution in [3.63, 3.8) is 0 Å². The lowest BCUT2D eigenvalue weighted by Crippen LogP contribution is -2.52. The van der Waals surface area contributed by atoms with Crippen LogP contribution in [-0.2, 0) is 19.4 Å². The number of likely N-dealkylation sites (tertiary alicyclic amines) is 1. The summed E-state index contributed by atoms with van der Waals surface area (Å²) in [6.07, 6.45) is 5.33. The molecule has 1 atom stereocenters. The van der Waals surface area contributed by atoms with Gasteiger partial charge in [-0.15, -0.1) is 0 Å². The second-order valence-corrected chi connectivity index (χ2v) is 9.18. The van der Waals surface area contributed by atoms with E-state index in [9.17, 15) is 4.79 Å². The van der Waals surface area contributed by atoms with Crippen LogP contribution < -0.4 is 9.64 Å². The zero-order valence-electron chi connectivity index (χ0n) is 19.4. The average Bonchev–Trinajstić information content (AvgIpc) is 3.52. The predicted molar refractivity (Wildman–Crippen MR) is 126 cm³/mol. The Hall–Kier alpha value is -2.54. The molecule has 172 valence electrons. The summed E-state index contributed by atoms with van der Waals surface area (Å²) in [6.45, 7) is 8.78. The maximum Gasteiger partial charge on any atom is 0.274 e. The van der Waals surface area contributed by atoms with Crippen molar-refractivity contribution in [3.05, 3.63) is 41.2 Å². The summed E-state index contributed by atoms with van der Waals surface area (Å²) in [5, 5.41) is 4.79. The Labute approximate surface area is 190 Å². The van der Waals surface area contributed by atoms with Crippen LogP contribution in [0.5, 0.6) is 5.75 Å². The van der Waals surface area contributed by atoms with Gasteiger partial charge in [0.05, 0.1) is 12.8 Å². The van der Waals surface area contributed by atoms with Crippen LogP contribution >= 0.6 is 0 Å². The Morgan fingerprint density at radius 2 is 1.84 bits per heavy atom. The third kappa shape index (κ3) is 3.87. The van der Waals surface area contributed by atoms with Gasteiger partial charge in [-0.05, 0) is 51.2 Å². The molecule has 0 spiro atoms. The van der Waals surface area contributed by atoms with E-state index in [1.165, 1.54) is 16.9 Å². The van der Waals surface area contributed by atoms with Gasteiger partial charge in [-0.2, -0.15) is 5.10 Å². The van der Waals surface area contributed by atoms with Crippen molar-refractivity contribution in [3.8, 4) is 5.75 Å². The van der Waals surface area contributed by atoms with Crippen molar-refractivity contribution in [1.29, 1.82) is 0 Å². The second-order valence-electron chi connectivity index (χ2n) is 9.18. The van der Waals surface area contributed by atoms with Gasteiger partial charge in [0.2, 0.25) is 0 Å². The third-order valence-electron chi connectivity index (χ3n) is 7.47. The number of ether oxygens (including phenoxy) is 1. The highest BCUT2D eigenvalue weighted by molar-refractivity contribution is 5.94. The summed E-state index contributed by atoms with van der Waals surface area (Å²) in [6, 6.07) is 8.78. The second kappa shape index (κ2) is 9.14. The van der Waals surface area contributed by atoms with Gasteiger partial charge in [-0.25, -0.2) is 0 Å². The molecule has 1 aromatic carbocycles. The zero-order chi connectivity index (χ0) is 22.1. The van der Waals surface area contributed by atoms with Crippen LogP contribution in [0.1, 0.15) is 47.9 Å². The molecule has 5 rings (SSSR count). The fourth-order valence-corrected chi connectivity index (χ4v) is 5.70. The molecule has 1 aliphatic carbocycles. The number of hydrogen-bond donors (Lipinski definition) is 0. The summed E-state index contributed by atoms with van der Waals surface area (Å²) >= 11 is 0. The van der Waals surface area contributed by atoms with Crippen molar-refractivity contribution in [2.75, 3.05) is 51.3 Å². The third-order valence-corrected chi connectivity index (χ3v) is 7.47. The van der Waals surface area contributed by atoms with Crippen molar-refractivity contribution in [1.82, 2.24) is 19.6 Å². The summed E-state index contributed by atoms with van der Waals surface area (Å²) < 4.78 is 7.65. The number of benzene rings is 1. The minimum Gasteiger partial charge on any atom is -0.495 e. The number of rotatable bonds is 5. The Morgan fingerprint density at radius 1 is 1.09 bits per heavy atom. The lowest BCUT2D eigenvalue weighted by molar-refractivity contribution is 0.0784. The molecule has 7 nitrogen and oxygen atoms in total. The molecule has 0 unspecified atom stereocenters. The van der Waals surface area contributed by atoms with Gasteiger partial charge in [0.1, 0.15) is 5.75 Å². The first kappa shape index (κ1) is 21.3. The minimum absolute atomic E-state index is 0.146. The van der Waals surface area contributed by atoms with E-state index in [2.05, 4.69) is 33.5 Å². The standard InChI is InChI=1S/C25H35N5O2/c1-3-30-21-11-10-19(18-20(21)24(26-30)25(31)29-12-6-7-13-29)27-14-16-28(17-15-27)22-8-4-5-9-23(22)32-2/h4-5,8-9,19H,3,6-7,10-18H2,1-2H3/t19-/m0/s1. The van der Waals surface area contributed by atoms with E-state index in [4.69, 9.17) is 9.84 Å². The molecule has 3 aliphatic rings. The number of piperazine rings is 1. The lowest BCUT2D eigenvalue weighted by Gasteiger charge is -2.41. The zero-order valence-corrected chi connectivity index (χ0v) is 19.4. The van der Waals surface area contributed by atoms with Crippen LogP contribution in [0, 0.1) is 0 Å². The highest BCUT2D eigenvalue weighted by Gasteiger charge is 2.34. The van der Waals surface area contributed by atoms with E-state index in [1.54, 1.807) is 7.11 Å². The summed E-state index contributed by atoms with van der Waals surface area (Å²) in [5.74, 6) is 1.09. The van der Waals surface area contributed by atoms with Crippen LogP contribution in [0.4, 0.5) is 5.69 Å². The first-order valence-electron chi connectivity index (χ1n) is 12.2. The Morgan fingerprint density at radius 3 is 2.56 bits per heavy atom. The van der Waals surface area contributed by atoms with E-state index in [-0.39, 0.29) is 5.91 Å². The van der Waals surface area contributed by atoms with E-state index < -0.39 is 0 Å². The molecule has 0 radical (unpaired) electrons. The minimum atomic E-state index is 0.146. The number of carbonyl (C=O) groups excluding carboxylic acids is 1. The molecule has 2 aliphatic heterocycles. The molecule has 7 heteroatoms. The Balaban J connectivity index is 1.29. The summed E-state index contributed by atoms with van der Waals surface area (Å²) in [4.78, 5) is 20.3. The fraction of sp³-hybridized carbons (Fsp3) is 0.600. The number of amides is 1. The number of anilines is 1. The highest BCUT2D eigenvalue weighted by atomic mass is 16.5. The fourth-order valence-electron chi connectivity index (χ4n) is 5.70. The van der Waals surface area contributed by atoms with E-state index in [0.29, 0.717) is 6.04 Å². The molecule has 2 aromatic rings. The largest absolute Gasteiger partial charge is 0.495 e. The number of methoxy groups -OCH3 is 1. The Kier molecular flexibility index (Phi) is 6.09. The quantitative estimate of drug-likeness (QED) is 0.720. The predicted octanol–water partition coefficient (Wildman–Crippen LogP) is 2.83. The molecule has 2 saturated heterocycles. The number of hydrogen-bond acceptors (Lipinski definition) is 5. The maximum atomic E-state index is 13.2. The molecule has 32 heavy (non-hydrogen) atoms. The van der Waals surface area contributed by atoms with Gasteiger partial charge in [-0.1, -0.05) is 12.1 Å². The molecule has 1 aromatic heterocycles. The van der Waals surface area contributed by atoms with Gasteiger partial charge < -0.3 is 14.5 Å². The van der Waals surface area contributed by atoms with Crippen molar-refractivity contribution in [2.24, 2.45) is 0 Å². The molecule has 3 heterocycles. The monoisotopic (exact) mass is 437 g/mol. The number of para-hydroxylation sites is 2. The highest BCUT2D eigenvalue weighted by Crippen LogP contribution is 2.32. The van der Waals surface area contributed by atoms with Gasteiger partial charge in [0.15, 0.2) is 5.69 Å². The number of aryl methyl sites for hydroxylation is 1. The van der Waals surface area contributed by atoms with Crippen LogP contribution in [0.2, 0.25) is 0 Å². The van der Waals surface area contributed by atoms with Crippen LogP contribution in [0.25, 0.3) is 0 Å². The molecule has 0 saturated carbocycles. The first-order valence-corrected chi connectivity index (χ1v) is 12.2. The van der Waals surface area contributed by atoms with Gasteiger partial charge >= 0.3 is 0 Å². The van der Waals surface area contributed by atoms with Gasteiger partial charge in [-0.3, -0.25) is 14.4 Å². The van der Waals surface area contributed by atoms with E-state index in [1.807, 2.05) is 17.0 Å². The Bertz CT molecular complexity index is 957. The van der Waals surface area contributed by atoms with Crippen LogP contribution in [-0.4, -0.2) is 77.9 Å². The molecular weight excluding hydrogens is 402 g/mol. The summed E-state index contributed by atoms with van der Waals surface area (Å²) in [5.41, 5.74) is 4.41. The van der Waals surface area contributed by atoms with Gasteiger partial charge in [0, 0.05) is 63.1 Å². The first-order chi connectivity index (χ1) is 15.7. The smallest absolute Gasteiger partial charge is 0.274 e. The van der Waals surface area contributed by atoms with Crippen LogP contribution in [0.15, 0.2) is 24.3 Å².